The standard InChI is InChI=1S/C23H21NO4/c1-26-19-9-10-21-18(16-28-22(21)13-19)12-23(25)24(15-20-8-5-11-27-20)14-17-6-3-2-4-7-17/h2-11,13,16H,12,14-15H2,1H3. The van der Waals surface area contributed by atoms with Crippen LogP contribution in [0.2, 0.25) is 0 Å². The van der Waals surface area contributed by atoms with Gasteiger partial charge in [0, 0.05) is 23.6 Å². The molecular formula is C23H21NO4. The van der Waals surface area contributed by atoms with E-state index in [-0.39, 0.29) is 12.3 Å². The number of ether oxygens (including phenoxy) is 1. The molecule has 5 heteroatoms. The zero-order chi connectivity index (χ0) is 19.3. The van der Waals surface area contributed by atoms with Gasteiger partial charge in [0.25, 0.3) is 0 Å². The number of carbonyl (C=O) groups excluding carboxylic acids is 1. The molecule has 0 aliphatic rings. The quantitative estimate of drug-likeness (QED) is 0.465. The van der Waals surface area contributed by atoms with Crippen LogP contribution in [-0.4, -0.2) is 17.9 Å². The third kappa shape index (κ3) is 3.93. The summed E-state index contributed by atoms with van der Waals surface area (Å²) in [4.78, 5) is 14.9. The molecule has 0 aliphatic carbocycles. The average Bonchev–Trinajstić information content (AvgIpc) is 3.38. The lowest BCUT2D eigenvalue weighted by molar-refractivity contribution is -0.132. The van der Waals surface area contributed by atoms with Crippen molar-refractivity contribution >= 4 is 16.9 Å². The molecule has 1 amide bonds. The maximum atomic E-state index is 13.1. The first-order valence-electron chi connectivity index (χ1n) is 9.11. The third-order valence-corrected chi connectivity index (χ3v) is 4.70. The second-order valence-electron chi connectivity index (χ2n) is 6.61. The molecule has 28 heavy (non-hydrogen) atoms. The van der Waals surface area contributed by atoms with Crippen LogP contribution >= 0.6 is 0 Å². The summed E-state index contributed by atoms with van der Waals surface area (Å²) in [7, 11) is 1.62. The van der Waals surface area contributed by atoms with Gasteiger partial charge in [0.15, 0.2) is 0 Å². The zero-order valence-corrected chi connectivity index (χ0v) is 15.6. The van der Waals surface area contributed by atoms with Gasteiger partial charge in [0.1, 0.15) is 17.1 Å². The van der Waals surface area contributed by atoms with Gasteiger partial charge in [0.05, 0.1) is 32.6 Å². The maximum Gasteiger partial charge on any atom is 0.227 e. The van der Waals surface area contributed by atoms with Gasteiger partial charge in [0.2, 0.25) is 5.91 Å². The van der Waals surface area contributed by atoms with Gasteiger partial charge in [-0.15, -0.1) is 0 Å². The summed E-state index contributed by atoms with van der Waals surface area (Å²) in [5, 5.41) is 0.923. The van der Waals surface area contributed by atoms with Crippen LogP contribution in [0, 0.1) is 0 Å². The minimum atomic E-state index is 0.0128. The molecule has 0 unspecified atom stereocenters. The van der Waals surface area contributed by atoms with Crippen molar-refractivity contribution in [3.63, 3.8) is 0 Å². The van der Waals surface area contributed by atoms with Crippen LogP contribution in [0.25, 0.3) is 11.0 Å². The Kier molecular flexibility index (Phi) is 5.15. The Balaban J connectivity index is 1.56. The van der Waals surface area contributed by atoms with Crippen molar-refractivity contribution in [3.05, 3.63) is 90.1 Å². The van der Waals surface area contributed by atoms with Gasteiger partial charge < -0.3 is 18.5 Å². The van der Waals surface area contributed by atoms with Crippen LogP contribution in [0.5, 0.6) is 5.75 Å². The smallest absolute Gasteiger partial charge is 0.227 e. The van der Waals surface area contributed by atoms with Gasteiger partial charge in [-0.2, -0.15) is 0 Å². The molecule has 0 spiro atoms. The fourth-order valence-electron chi connectivity index (χ4n) is 3.23. The number of methoxy groups -OCH3 is 1. The molecule has 0 N–H and O–H groups in total. The molecule has 142 valence electrons. The molecule has 2 heterocycles. The average molecular weight is 375 g/mol. The van der Waals surface area contributed by atoms with Crippen LogP contribution in [0.4, 0.5) is 0 Å². The normalized spacial score (nSPS) is 10.9. The molecular weight excluding hydrogens is 354 g/mol. The molecule has 4 aromatic rings. The van der Waals surface area contributed by atoms with Gasteiger partial charge in [-0.05, 0) is 29.8 Å². The number of hydrogen-bond acceptors (Lipinski definition) is 4. The molecule has 0 atom stereocenters. The molecule has 0 bridgehead atoms. The van der Waals surface area contributed by atoms with E-state index in [0.29, 0.717) is 18.7 Å². The summed E-state index contributed by atoms with van der Waals surface area (Å²) in [5.41, 5.74) is 2.65. The van der Waals surface area contributed by atoms with Crippen LogP contribution in [0.1, 0.15) is 16.9 Å². The van der Waals surface area contributed by atoms with E-state index in [1.165, 1.54) is 0 Å². The van der Waals surface area contributed by atoms with E-state index in [2.05, 4.69) is 0 Å². The first-order valence-corrected chi connectivity index (χ1v) is 9.11. The SMILES string of the molecule is COc1ccc2c(CC(=O)N(Cc3ccccc3)Cc3ccco3)coc2c1. The highest BCUT2D eigenvalue weighted by molar-refractivity contribution is 5.88. The van der Waals surface area contributed by atoms with Gasteiger partial charge in [-0.1, -0.05) is 30.3 Å². The lowest BCUT2D eigenvalue weighted by Crippen LogP contribution is -2.31. The number of carbonyl (C=O) groups is 1. The van der Waals surface area contributed by atoms with E-state index in [1.807, 2.05) is 60.7 Å². The molecule has 0 radical (unpaired) electrons. The van der Waals surface area contributed by atoms with Crippen molar-refractivity contribution in [2.75, 3.05) is 7.11 Å². The van der Waals surface area contributed by atoms with E-state index in [4.69, 9.17) is 13.6 Å². The van der Waals surface area contributed by atoms with Crippen LogP contribution in [0.3, 0.4) is 0 Å². The summed E-state index contributed by atoms with van der Waals surface area (Å²) in [6, 6.07) is 19.3. The van der Waals surface area contributed by atoms with Gasteiger partial charge in [-0.25, -0.2) is 0 Å². The predicted octanol–water partition coefficient (Wildman–Crippen LogP) is 4.81. The Bertz CT molecular complexity index is 1050. The number of rotatable bonds is 7. The number of fused-ring (bicyclic) bond motifs is 1. The molecule has 0 saturated carbocycles. The number of furan rings is 2. The van der Waals surface area contributed by atoms with Gasteiger partial charge >= 0.3 is 0 Å². The van der Waals surface area contributed by atoms with Crippen molar-refractivity contribution < 1.29 is 18.4 Å². The van der Waals surface area contributed by atoms with E-state index in [0.717, 1.165) is 28.0 Å². The van der Waals surface area contributed by atoms with Crippen molar-refractivity contribution in [2.24, 2.45) is 0 Å². The highest BCUT2D eigenvalue weighted by atomic mass is 16.5. The van der Waals surface area contributed by atoms with E-state index in [9.17, 15) is 4.79 Å². The Morgan fingerprint density at radius 3 is 2.61 bits per heavy atom. The minimum absolute atomic E-state index is 0.0128. The maximum absolute atomic E-state index is 13.1. The number of hydrogen-bond donors (Lipinski definition) is 0. The van der Waals surface area contributed by atoms with E-state index in [1.54, 1.807) is 24.5 Å². The molecule has 4 rings (SSSR count). The van der Waals surface area contributed by atoms with Crippen molar-refractivity contribution in [1.82, 2.24) is 4.90 Å². The lowest BCUT2D eigenvalue weighted by atomic mass is 10.1. The first-order chi connectivity index (χ1) is 13.7. The summed E-state index contributed by atoms with van der Waals surface area (Å²) in [6.07, 6.45) is 3.53. The van der Waals surface area contributed by atoms with Crippen LogP contribution in [0.15, 0.2) is 82.0 Å². The van der Waals surface area contributed by atoms with E-state index >= 15 is 0 Å². The van der Waals surface area contributed by atoms with Crippen molar-refractivity contribution in [3.8, 4) is 5.75 Å². The Hall–Kier alpha value is -3.47. The lowest BCUT2D eigenvalue weighted by Gasteiger charge is -2.22. The molecule has 0 saturated heterocycles. The van der Waals surface area contributed by atoms with Gasteiger partial charge in [-0.3, -0.25) is 4.79 Å². The van der Waals surface area contributed by atoms with Crippen LogP contribution < -0.4 is 4.74 Å². The molecule has 0 fully saturated rings. The predicted molar refractivity (Wildman–Crippen MR) is 106 cm³/mol. The summed E-state index contributed by atoms with van der Waals surface area (Å²) in [6.45, 7) is 0.939. The number of benzene rings is 2. The third-order valence-electron chi connectivity index (χ3n) is 4.70. The molecule has 2 aromatic carbocycles. The monoisotopic (exact) mass is 375 g/mol. The Morgan fingerprint density at radius 1 is 1.00 bits per heavy atom. The molecule has 2 aromatic heterocycles. The highest BCUT2D eigenvalue weighted by Gasteiger charge is 2.19. The highest BCUT2D eigenvalue weighted by Crippen LogP contribution is 2.26. The summed E-state index contributed by atoms with van der Waals surface area (Å²) in [5.74, 6) is 1.49. The Morgan fingerprint density at radius 2 is 1.86 bits per heavy atom. The molecule has 0 aliphatic heterocycles. The number of amides is 1. The van der Waals surface area contributed by atoms with E-state index < -0.39 is 0 Å². The first kappa shape index (κ1) is 17.9. The largest absolute Gasteiger partial charge is 0.497 e. The van der Waals surface area contributed by atoms with Crippen molar-refractivity contribution in [2.45, 2.75) is 19.5 Å². The fraction of sp³-hybridized carbons (Fsp3) is 0.174. The van der Waals surface area contributed by atoms with Crippen LogP contribution in [-0.2, 0) is 24.3 Å². The fourth-order valence-corrected chi connectivity index (χ4v) is 3.23. The summed E-state index contributed by atoms with van der Waals surface area (Å²) >= 11 is 0. The second kappa shape index (κ2) is 8.05. The zero-order valence-electron chi connectivity index (χ0n) is 15.6. The number of nitrogens with zero attached hydrogens (tertiary/aromatic N) is 1. The second-order valence-corrected chi connectivity index (χ2v) is 6.61. The topological polar surface area (TPSA) is 55.8 Å². The summed E-state index contributed by atoms with van der Waals surface area (Å²) < 4.78 is 16.3. The Labute approximate surface area is 163 Å². The van der Waals surface area contributed by atoms with Crippen molar-refractivity contribution in [1.29, 1.82) is 0 Å². The minimum Gasteiger partial charge on any atom is -0.497 e. The molecule has 5 nitrogen and oxygen atoms in total.